The van der Waals surface area contributed by atoms with E-state index < -0.39 is 0 Å². The van der Waals surface area contributed by atoms with E-state index >= 15 is 0 Å². The minimum Gasteiger partial charge on any atom is -0.349 e. The zero-order valence-electron chi connectivity index (χ0n) is 8.21. The van der Waals surface area contributed by atoms with Gasteiger partial charge in [0.05, 0.1) is 6.54 Å². The number of hydrogen-bond donors (Lipinski definition) is 2. The van der Waals surface area contributed by atoms with Gasteiger partial charge in [0, 0.05) is 12.3 Å². The van der Waals surface area contributed by atoms with Gasteiger partial charge in [-0.25, -0.2) is 4.98 Å². The molecule has 5 heteroatoms. The minimum atomic E-state index is 0.138. The first-order valence-electron chi connectivity index (χ1n) is 4.97. The van der Waals surface area contributed by atoms with Crippen molar-refractivity contribution in [3.05, 3.63) is 11.6 Å². The lowest BCUT2D eigenvalue weighted by Crippen LogP contribution is -2.24. The number of amides is 1. The van der Waals surface area contributed by atoms with Gasteiger partial charge in [0.15, 0.2) is 5.82 Å². The lowest BCUT2D eigenvalue weighted by Gasteiger charge is -1.99. The standard InChI is InChI=1S/C9H14N4O/c1-2-7-11-8(13-12-7)5-10-9(14)6-3-4-6/h6H,2-5H2,1H3,(H,10,14)(H,11,12,13). The van der Waals surface area contributed by atoms with E-state index in [-0.39, 0.29) is 11.8 Å². The van der Waals surface area contributed by atoms with Crippen LogP contribution in [0.3, 0.4) is 0 Å². The molecule has 1 aromatic rings. The van der Waals surface area contributed by atoms with E-state index in [1.54, 1.807) is 0 Å². The molecule has 1 aliphatic rings. The maximum atomic E-state index is 11.3. The van der Waals surface area contributed by atoms with Crippen molar-refractivity contribution in [2.24, 2.45) is 5.92 Å². The molecular formula is C9H14N4O. The molecule has 0 radical (unpaired) electrons. The number of H-pyrrole nitrogens is 1. The molecule has 14 heavy (non-hydrogen) atoms. The van der Waals surface area contributed by atoms with Crippen LogP contribution in [0.5, 0.6) is 0 Å². The summed E-state index contributed by atoms with van der Waals surface area (Å²) in [7, 11) is 0. The maximum absolute atomic E-state index is 11.3. The van der Waals surface area contributed by atoms with Gasteiger partial charge in [-0.3, -0.25) is 9.89 Å². The first kappa shape index (κ1) is 9.18. The van der Waals surface area contributed by atoms with Crippen LogP contribution in [0.1, 0.15) is 31.4 Å². The molecule has 1 aliphatic carbocycles. The highest BCUT2D eigenvalue weighted by Gasteiger charge is 2.29. The summed E-state index contributed by atoms with van der Waals surface area (Å²) in [6, 6.07) is 0. The number of carbonyl (C=O) groups is 1. The second-order valence-electron chi connectivity index (χ2n) is 3.54. The summed E-state index contributed by atoms with van der Waals surface area (Å²) >= 11 is 0. The van der Waals surface area contributed by atoms with Gasteiger partial charge in [-0.2, -0.15) is 5.10 Å². The highest BCUT2D eigenvalue weighted by molar-refractivity contribution is 5.80. The van der Waals surface area contributed by atoms with Gasteiger partial charge in [0.25, 0.3) is 0 Å². The molecule has 0 atom stereocenters. The van der Waals surface area contributed by atoms with Crippen molar-refractivity contribution in [3.63, 3.8) is 0 Å². The van der Waals surface area contributed by atoms with Gasteiger partial charge >= 0.3 is 0 Å². The molecule has 5 nitrogen and oxygen atoms in total. The Morgan fingerprint density at radius 1 is 1.64 bits per heavy atom. The number of nitrogens with one attached hydrogen (secondary N) is 2. The number of carbonyl (C=O) groups excluding carboxylic acids is 1. The molecule has 1 amide bonds. The second-order valence-corrected chi connectivity index (χ2v) is 3.54. The molecule has 0 unspecified atom stereocenters. The fourth-order valence-corrected chi connectivity index (χ4v) is 1.23. The first-order chi connectivity index (χ1) is 6.79. The van der Waals surface area contributed by atoms with E-state index in [1.165, 1.54) is 0 Å². The van der Waals surface area contributed by atoms with E-state index in [0.29, 0.717) is 6.54 Å². The molecule has 76 valence electrons. The van der Waals surface area contributed by atoms with Crippen LogP contribution in [0.2, 0.25) is 0 Å². The number of rotatable bonds is 4. The number of aromatic nitrogens is 3. The van der Waals surface area contributed by atoms with Crippen LogP contribution in [-0.4, -0.2) is 21.1 Å². The molecular weight excluding hydrogens is 180 g/mol. The summed E-state index contributed by atoms with van der Waals surface area (Å²) in [4.78, 5) is 15.5. The average Bonchev–Trinajstić information content (AvgIpc) is 2.94. The Kier molecular flexibility index (Phi) is 2.47. The Morgan fingerprint density at radius 3 is 3.00 bits per heavy atom. The highest BCUT2D eigenvalue weighted by Crippen LogP contribution is 2.28. The van der Waals surface area contributed by atoms with Gasteiger partial charge in [-0.15, -0.1) is 0 Å². The van der Waals surface area contributed by atoms with Gasteiger partial charge in [0.1, 0.15) is 5.82 Å². The molecule has 0 aliphatic heterocycles. The minimum absolute atomic E-state index is 0.138. The fourth-order valence-electron chi connectivity index (χ4n) is 1.23. The number of nitrogens with zero attached hydrogens (tertiary/aromatic N) is 2. The molecule has 1 fully saturated rings. The monoisotopic (exact) mass is 194 g/mol. The topological polar surface area (TPSA) is 70.7 Å². The van der Waals surface area contributed by atoms with Gasteiger partial charge in [-0.05, 0) is 12.8 Å². The second kappa shape index (κ2) is 3.77. The summed E-state index contributed by atoms with van der Waals surface area (Å²) in [5.74, 6) is 1.92. The Bertz CT molecular complexity index is 329. The zero-order chi connectivity index (χ0) is 9.97. The Labute approximate surface area is 82.3 Å². The van der Waals surface area contributed by atoms with Crippen molar-refractivity contribution >= 4 is 5.91 Å². The fraction of sp³-hybridized carbons (Fsp3) is 0.667. The Balaban J connectivity index is 1.81. The number of aryl methyl sites for hydroxylation is 1. The molecule has 2 rings (SSSR count). The lowest BCUT2D eigenvalue weighted by atomic mass is 10.4. The lowest BCUT2D eigenvalue weighted by molar-refractivity contribution is -0.122. The van der Waals surface area contributed by atoms with E-state index in [4.69, 9.17) is 0 Å². The molecule has 0 aromatic carbocycles. The summed E-state index contributed by atoms with van der Waals surface area (Å²) in [5.41, 5.74) is 0. The predicted octanol–water partition coefficient (Wildman–Crippen LogP) is 0.393. The number of aromatic amines is 1. The molecule has 1 aromatic heterocycles. The smallest absolute Gasteiger partial charge is 0.223 e. The normalized spacial score (nSPS) is 15.5. The molecule has 1 heterocycles. The quantitative estimate of drug-likeness (QED) is 0.728. The first-order valence-corrected chi connectivity index (χ1v) is 4.97. The van der Waals surface area contributed by atoms with Crippen LogP contribution in [0.15, 0.2) is 0 Å². The van der Waals surface area contributed by atoms with Crippen LogP contribution in [0, 0.1) is 5.92 Å². The van der Waals surface area contributed by atoms with Gasteiger partial charge in [0.2, 0.25) is 5.91 Å². The third kappa shape index (κ3) is 2.10. The van der Waals surface area contributed by atoms with Crippen LogP contribution < -0.4 is 5.32 Å². The summed E-state index contributed by atoms with van der Waals surface area (Å²) in [6.07, 6.45) is 2.87. The van der Waals surface area contributed by atoms with E-state index in [2.05, 4.69) is 20.5 Å². The molecule has 0 bridgehead atoms. The van der Waals surface area contributed by atoms with E-state index in [1.807, 2.05) is 6.92 Å². The summed E-state index contributed by atoms with van der Waals surface area (Å²) in [6.45, 7) is 2.46. The van der Waals surface area contributed by atoms with Crippen LogP contribution in [-0.2, 0) is 17.8 Å². The zero-order valence-corrected chi connectivity index (χ0v) is 8.21. The Morgan fingerprint density at radius 2 is 2.43 bits per heavy atom. The maximum Gasteiger partial charge on any atom is 0.223 e. The number of hydrogen-bond acceptors (Lipinski definition) is 3. The van der Waals surface area contributed by atoms with Crippen molar-refractivity contribution in [3.8, 4) is 0 Å². The highest BCUT2D eigenvalue weighted by atomic mass is 16.2. The van der Waals surface area contributed by atoms with Crippen molar-refractivity contribution in [1.82, 2.24) is 20.5 Å². The summed E-state index contributed by atoms with van der Waals surface area (Å²) in [5, 5.41) is 9.61. The molecule has 0 saturated heterocycles. The van der Waals surface area contributed by atoms with Gasteiger partial charge in [-0.1, -0.05) is 6.92 Å². The van der Waals surface area contributed by atoms with Crippen molar-refractivity contribution in [1.29, 1.82) is 0 Å². The van der Waals surface area contributed by atoms with Crippen LogP contribution >= 0.6 is 0 Å². The van der Waals surface area contributed by atoms with Crippen molar-refractivity contribution in [2.75, 3.05) is 0 Å². The van der Waals surface area contributed by atoms with Crippen LogP contribution in [0.4, 0.5) is 0 Å². The van der Waals surface area contributed by atoms with Crippen molar-refractivity contribution < 1.29 is 4.79 Å². The predicted molar refractivity (Wildman–Crippen MR) is 50.3 cm³/mol. The van der Waals surface area contributed by atoms with Crippen LogP contribution in [0.25, 0.3) is 0 Å². The van der Waals surface area contributed by atoms with E-state index in [9.17, 15) is 4.79 Å². The average molecular weight is 194 g/mol. The van der Waals surface area contributed by atoms with E-state index in [0.717, 1.165) is 30.9 Å². The van der Waals surface area contributed by atoms with Gasteiger partial charge < -0.3 is 5.32 Å². The molecule has 0 spiro atoms. The Hall–Kier alpha value is -1.39. The largest absolute Gasteiger partial charge is 0.349 e. The SMILES string of the molecule is CCc1n[nH]c(CNC(=O)C2CC2)n1. The molecule has 2 N–H and O–H groups in total. The summed E-state index contributed by atoms with van der Waals surface area (Å²) < 4.78 is 0. The third-order valence-electron chi connectivity index (χ3n) is 2.27. The molecule has 1 saturated carbocycles. The third-order valence-corrected chi connectivity index (χ3v) is 2.27. The van der Waals surface area contributed by atoms with Crippen molar-refractivity contribution in [2.45, 2.75) is 32.7 Å².